The highest BCUT2D eigenvalue weighted by molar-refractivity contribution is 7.22. The van der Waals surface area contributed by atoms with Gasteiger partial charge in [-0.1, -0.05) is 30.4 Å². The molecule has 1 saturated heterocycles. The zero-order valence-electron chi connectivity index (χ0n) is 17.4. The van der Waals surface area contributed by atoms with Gasteiger partial charge in [-0.25, -0.2) is 4.98 Å². The van der Waals surface area contributed by atoms with Crippen LogP contribution in [0.15, 0.2) is 30.5 Å². The number of carbonyl (C=O) groups excluding carboxylic acids is 1. The zero-order chi connectivity index (χ0) is 20.2. The molecule has 3 aromatic rings. The maximum absolute atomic E-state index is 13.3. The Morgan fingerprint density at radius 1 is 1.27 bits per heavy atom. The quantitative estimate of drug-likeness (QED) is 0.553. The number of fused-ring (bicyclic) bond motifs is 1. The molecular formula is C21H28ClN5O2S. The molecular weight excluding hydrogens is 422 g/mol. The van der Waals surface area contributed by atoms with Crippen LogP contribution in [0.25, 0.3) is 10.2 Å². The van der Waals surface area contributed by atoms with Gasteiger partial charge in [0.25, 0.3) is 5.91 Å². The summed E-state index contributed by atoms with van der Waals surface area (Å²) in [6, 6.07) is 8.01. The normalized spacial score (nSPS) is 14.6. The molecule has 0 spiro atoms. The van der Waals surface area contributed by atoms with E-state index in [2.05, 4.69) is 35.1 Å². The molecule has 1 amide bonds. The number of ether oxygens (including phenoxy) is 1. The molecule has 7 nitrogen and oxygen atoms in total. The van der Waals surface area contributed by atoms with Crippen molar-refractivity contribution in [2.24, 2.45) is 7.05 Å². The Bertz CT molecular complexity index is 983. The number of nitrogens with zero attached hydrogens (tertiary/aromatic N) is 5. The summed E-state index contributed by atoms with van der Waals surface area (Å²) in [6.45, 7) is 7.17. The number of aryl methyl sites for hydroxylation is 2. The molecule has 0 atom stereocenters. The van der Waals surface area contributed by atoms with Gasteiger partial charge in [-0.2, -0.15) is 5.10 Å². The summed E-state index contributed by atoms with van der Waals surface area (Å²) in [5, 5.41) is 5.07. The second-order valence-electron chi connectivity index (χ2n) is 7.25. The van der Waals surface area contributed by atoms with Crippen LogP contribution in [0.2, 0.25) is 0 Å². The first-order valence-electron chi connectivity index (χ1n) is 10.2. The molecule has 2 aromatic heterocycles. The Balaban J connectivity index is 0.00000256. The molecule has 3 heterocycles. The van der Waals surface area contributed by atoms with E-state index in [1.165, 1.54) is 5.56 Å². The summed E-state index contributed by atoms with van der Waals surface area (Å²) in [6.07, 6.45) is 3.60. The monoisotopic (exact) mass is 449 g/mol. The lowest BCUT2D eigenvalue weighted by Crippen LogP contribution is -2.39. The van der Waals surface area contributed by atoms with Gasteiger partial charge < -0.3 is 4.74 Å². The van der Waals surface area contributed by atoms with Crippen LogP contribution in [0.4, 0.5) is 5.13 Å². The van der Waals surface area contributed by atoms with Crippen LogP contribution in [0.5, 0.6) is 0 Å². The number of aromatic nitrogens is 3. The lowest BCUT2D eigenvalue weighted by Gasteiger charge is -2.27. The zero-order valence-corrected chi connectivity index (χ0v) is 19.0. The van der Waals surface area contributed by atoms with E-state index in [1.54, 1.807) is 33.2 Å². The van der Waals surface area contributed by atoms with Crippen molar-refractivity contribution in [1.29, 1.82) is 0 Å². The van der Waals surface area contributed by atoms with Gasteiger partial charge in [0.05, 0.1) is 23.4 Å². The number of para-hydroxylation sites is 1. The topological polar surface area (TPSA) is 63.5 Å². The number of anilines is 1. The molecule has 1 aromatic carbocycles. The third-order valence-electron chi connectivity index (χ3n) is 5.24. The molecule has 30 heavy (non-hydrogen) atoms. The second kappa shape index (κ2) is 10.3. The van der Waals surface area contributed by atoms with Gasteiger partial charge in [0.1, 0.15) is 0 Å². The molecule has 4 rings (SSSR count). The fraction of sp³-hybridized carbons (Fsp3) is 0.476. The maximum Gasteiger partial charge on any atom is 0.280 e. The first-order valence-corrected chi connectivity index (χ1v) is 11.0. The Morgan fingerprint density at radius 3 is 2.77 bits per heavy atom. The predicted molar refractivity (Wildman–Crippen MR) is 123 cm³/mol. The first kappa shape index (κ1) is 22.7. The minimum Gasteiger partial charge on any atom is -0.379 e. The summed E-state index contributed by atoms with van der Waals surface area (Å²) < 4.78 is 8.20. The number of morpholine rings is 1. The number of hydrogen-bond acceptors (Lipinski definition) is 6. The minimum absolute atomic E-state index is 0. The van der Waals surface area contributed by atoms with E-state index < -0.39 is 0 Å². The standard InChI is InChI=1S/C21H27N5O2S.ClH/c1-3-16-6-4-7-18-19(16)22-21(29-18)26(20(27)17-8-11-24(2)23-17)10-5-9-25-12-14-28-15-13-25;/h4,6-8,11H,3,5,9-10,12-15H2,1-2H3;1H. The van der Waals surface area contributed by atoms with Crippen LogP contribution < -0.4 is 4.90 Å². The number of rotatable bonds is 7. The van der Waals surface area contributed by atoms with Gasteiger partial charge in [-0.3, -0.25) is 19.3 Å². The van der Waals surface area contributed by atoms with Crippen LogP contribution in [0.3, 0.4) is 0 Å². The lowest BCUT2D eigenvalue weighted by atomic mass is 10.1. The van der Waals surface area contributed by atoms with E-state index in [4.69, 9.17) is 9.72 Å². The van der Waals surface area contributed by atoms with Crippen LogP contribution in [0.1, 0.15) is 29.4 Å². The molecule has 1 aliphatic rings. The van der Waals surface area contributed by atoms with E-state index in [0.29, 0.717) is 12.2 Å². The Labute approximate surface area is 187 Å². The van der Waals surface area contributed by atoms with Gasteiger partial charge >= 0.3 is 0 Å². The Kier molecular flexibility index (Phi) is 7.82. The third kappa shape index (κ3) is 5.00. The molecule has 0 saturated carbocycles. The molecule has 9 heteroatoms. The van der Waals surface area contributed by atoms with Gasteiger partial charge in [0.15, 0.2) is 10.8 Å². The number of amides is 1. The van der Waals surface area contributed by atoms with Crippen LogP contribution in [0, 0.1) is 0 Å². The number of hydrogen-bond donors (Lipinski definition) is 0. The Morgan fingerprint density at radius 2 is 2.07 bits per heavy atom. The van der Waals surface area contributed by atoms with Gasteiger partial charge in [0, 0.05) is 39.4 Å². The summed E-state index contributed by atoms with van der Waals surface area (Å²) in [5.74, 6) is -0.0929. The van der Waals surface area contributed by atoms with Crippen molar-refractivity contribution in [3.8, 4) is 0 Å². The summed E-state index contributed by atoms with van der Waals surface area (Å²) >= 11 is 1.58. The number of carbonyl (C=O) groups is 1. The van der Waals surface area contributed by atoms with Crippen LogP contribution in [-0.4, -0.2) is 65.0 Å². The van der Waals surface area contributed by atoms with Crippen molar-refractivity contribution in [1.82, 2.24) is 19.7 Å². The van der Waals surface area contributed by atoms with Crippen LogP contribution >= 0.6 is 23.7 Å². The molecule has 0 unspecified atom stereocenters. The number of halogens is 1. The molecule has 0 bridgehead atoms. The second-order valence-corrected chi connectivity index (χ2v) is 8.26. The van der Waals surface area contributed by atoms with Crippen molar-refractivity contribution in [2.75, 3.05) is 44.3 Å². The van der Waals surface area contributed by atoms with Crippen molar-refractivity contribution >= 4 is 45.0 Å². The van der Waals surface area contributed by atoms with Gasteiger partial charge in [-0.15, -0.1) is 12.4 Å². The smallest absolute Gasteiger partial charge is 0.280 e. The van der Waals surface area contributed by atoms with E-state index in [1.807, 2.05) is 7.05 Å². The number of thiazole rings is 1. The van der Waals surface area contributed by atoms with Crippen molar-refractivity contribution in [3.05, 3.63) is 41.7 Å². The lowest BCUT2D eigenvalue weighted by molar-refractivity contribution is 0.0376. The van der Waals surface area contributed by atoms with E-state index in [9.17, 15) is 4.79 Å². The molecule has 0 aliphatic carbocycles. The molecule has 1 fully saturated rings. The van der Waals surface area contributed by atoms with Crippen molar-refractivity contribution in [2.45, 2.75) is 19.8 Å². The molecule has 1 aliphatic heterocycles. The average Bonchev–Trinajstić information content (AvgIpc) is 3.37. The highest BCUT2D eigenvalue weighted by atomic mass is 35.5. The highest BCUT2D eigenvalue weighted by Gasteiger charge is 2.24. The molecule has 162 valence electrons. The first-order chi connectivity index (χ1) is 14.2. The summed E-state index contributed by atoms with van der Waals surface area (Å²) in [7, 11) is 1.82. The van der Waals surface area contributed by atoms with Crippen LogP contribution in [-0.2, 0) is 18.2 Å². The van der Waals surface area contributed by atoms with E-state index in [-0.39, 0.29) is 18.3 Å². The number of benzene rings is 1. The fourth-order valence-corrected chi connectivity index (χ4v) is 4.66. The Hall–Kier alpha value is -2.00. The van der Waals surface area contributed by atoms with Crippen molar-refractivity contribution in [3.63, 3.8) is 0 Å². The third-order valence-corrected chi connectivity index (χ3v) is 6.28. The maximum atomic E-state index is 13.3. The highest BCUT2D eigenvalue weighted by Crippen LogP contribution is 2.32. The summed E-state index contributed by atoms with van der Waals surface area (Å²) in [4.78, 5) is 22.3. The summed E-state index contributed by atoms with van der Waals surface area (Å²) in [5.41, 5.74) is 2.67. The largest absolute Gasteiger partial charge is 0.379 e. The van der Waals surface area contributed by atoms with Gasteiger partial charge in [0.2, 0.25) is 0 Å². The minimum atomic E-state index is -0.0929. The van der Waals surface area contributed by atoms with E-state index >= 15 is 0 Å². The van der Waals surface area contributed by atoms with Crippen molar-refractivity contribution < 1.29 is 9.53 Å². The fourth-order valence-electron chi connectivity index (χ4n) is 3.62. The SMILES string of the molecule is CCc1cccc2sc(N(CCCN3CCOCC3)C(=O)c3ccn(C)n3)nc12.Cl. The van der Waals surface area contributed by atoms with Gasteiger partial charge in [-0.05, 0) is 30.5 Å². The molecule has 0 radical (unpaired) electrons. The predicted octanol–water partition coefficient (Wildman–Crippen LogP) is 3.38. The average molecular weight is 450 g/mol. The van der Waals surface area contributed by atoms with E-state index in [0.717, 1.165) is 61.0 Å². The molecule has 0 N–H and O–H groups in total.